The van der Waals surface area contributed by atoms with Crippen LogP contribution < -0.4 is 18.9 Å². The lowest BCUT2D eigenvalue weighted by molar-refractivity contribution is 0.174. The number of thiazole rings is 1. The van der Waals surface area contributed by atoms with Crippen molar-refractivity contribution in [2.75, 3.05) is 21.0 Å². The van der Waals surface area contributed by atoms with Gasteiger partial charge in [0.2, 0.25) is 12.7 Å². The van der Waals surface area contributed by atoms with Crippen molar-refractivity contribution in [1.82, 2.24) is 15.2 Å². The number of hydrogen-bond acceptors (Lipinski definition) is 10. The summed E-state index contributed by atoms with van der Waals surface area (Å²) in [4.78, 5) is 4.71. The maximum atomic E-state index is 5.79. The Hall–Kier alpha value is -3.24. The first-order valence-corrected chi connectivity index (χ1v) is 11.1. The van der Waals surface area contributed by atoms with Gasteiger partial charge < -0.3 is 23.4 Å². The number of benzene rings is 2. The van der Waals surface area contributed by atoms with Gasteiger partial charge in [-0.25, -0.2) is 4.98 Å². The predicted octanol–water partition coefficient (Wildman–Crippen LogP) is 4.90. The molecule has 0 amide bonds. The molecule has 0 bridgehead atoms. The first kappa shape index (κ1) is 19.7. The lowest BCUT2D eigenvalue weighted by atomic mass is 10.2. The Kier molecular flexibility index (Phi) is 5.39. The van der Waals surface area contributed by atoms with Gasteiger partial charge in [-0.3, -0.25) is 0 Å². The van der Waals surface area contributed by atoms with Gasteiger partial charge in [0.05, 0.1) is 19.9 Å². The molecule has 0 saturated carbocycles. The van der Waals surface area contributed by atoms with E-state index in [2.05, 4.69) is 10.2 Å². The fourth-order valence-electron chi connectivity index (χ4n) is 3.03. The minimum Gasteiger partial charge on any atom is -0.493 e. The second-order valence-corrected chi connectivity index (χ2v) is 8.23. The van der Waals surface area contributed by atoms with Crippen molar-refractivity contribution in [3.05, 3.63) is 47.5 Å². The maximum Gasteiger partial charge on any atom is 0.277 e. The van der Waals surface area contributed by atoms with Gasteiger partial charge in [0.1, 0.15) is 5.01 Å². The minimum atomic E-state index is 0.225. The molecule has 5 rings (SSSR count). The Bertz CT molecular complexity index is 1220. The van der Waals surface area contributed by atoms with Gasteiger partial charge in [-0.15, -0.1) is 21.5 Å². The molecule has 8 nitrogen and oxygen atoms in total. The van der Waals surface area contributed by atoms with E-state index < -0.39 is 0 Å². The Labute approximate surface area is 186 Å². The highest BCUT2D eigenvalue weighted by atomic mass is 32.2. The summed E-state index contributed by atoms with van der Waals surface area (Å²) in [6.07, 6.45) is 0. The normalized spacial score (nSPS) is 12.2. The largest absolute Gasteiger partial charge is 0.493 e. The van der Waals surface area contributed by atoms with Crippen LogP contribution in [0.25, 0.3) is 22.0 Å². The first-order valence-electron chi connectivity index (χ1n) is 9.26. The molecule has 10 heteroatoms. The summed E-state index contributed by atoms with van der Waals surface area (Å²) in [5, 5.41) is 11.7. The van der Waals surface area contributed by atoms with Crippen LogP contribution in [-0.4, -0.2) is 36.2 Å². The molecule has 0 unspecified atom stereocenters. The van der Waals surface area contributed by atoms with E-state index in [0.29, 0.717) is 39.9 Å². The quantitative estimate of drug-likeness (QED) is 0.361. The number of nitrogens with zero attached hydrogens (tertiary/aromatic N) is 3. The predicted molar refractivity (Wildman–Crippen MR) is 116 cm³/mol. The van der Waals surface area contributed by atoms with Gasteiger partial charge in [-0.05, 0) is 36.4 Å². The molecule has 0 radical (unpaired) electrons. The zero-order chi connectivity index (χ0) is 21.2. The van der Waals surface area contributed by atoms with Crippen LogP contribution in [0.4, 0.5) is 0 Å². The molecule has 4 aromatic rings. The van der Waals surface area contributed by atoms with Gasteiger partial charge in [-0.2, -0.15) is 0 Å². The van der Waals surface area contributed by atoms with Gasteiger partial charge in [0.25, 0.3) is 5.22 Å². The van der Waals surface area contributed by atoms with Crippen molar-refractivity contribution in [3.63, 3.8) is 0 Å². The Morgan fingerprint density at radius 3 is 2.68 bits per heavy atom. The van der Waals surface area contributed by atoms with Crippen LogP contribution >= 0.6 is 23.1 Å². The van der Waals surface area contributed by atoms with Crippen LogP contribution in [0, 0.1) is 0 Å². The maximum absolute atomic E-state index is 5.79. The van der Waals surface area contributed by atoms with Crippen molar-refractivity contribution < 1.29 is 23.4 Å². The van der Waals surface area contributed by atoms with Crippen LogP contribution in [0.1, 0.15) is 5.69 Å². The van der Waals surface area contributed by atoms with Crippen molar-refractivity contribution in [2.45, 2.75) is 11.0 Å². The molecule has 2 aromatic heterocycles. The van der Waals surface area contributed by atoms with Crippen molar-refractivity contribution in [3.8, 4) is 45.0 Å². The second-order valence-electron chi connectivity index (χ2n) is 6.44. The summed E-state index contributed by atoms with van der Waals surface area (Å²) in [5.41, 5.74) is 2.69. The highest BCUT2D eigenvalue weighted by Gasteiger charge is 2.17. The van der Waals surface area contributed by atoms with E-state index in [1.54, 1.807) is 25.6 Å². The number of hydrogen-bond donors (Lipinski definition) is 0. The third-order valence-corrected chi connectivity index (χ3v) is 6.34. The lowest BCUT2D eigenvalue weighted by Gasteiger charge is -2.08. The highest BCUT2D eigenvalue weighted by molar-refractivity contribution is 7.98. The zero-order valence-electron chi connectivity index (χ0n) is 16.7. The highest BCUT2D eigenvalue weighted by Crippen LogP contribution is 2.37. The molecular weight excluding hydrogens is 438 g/mol. The molecule has 158 valence electrons. The number of rotatable bonds is 7. The van der Waals surface area contributed by atoms with Gasteiger partial charge in [0, 0.05) is 22.3 Å². The molecule has 1 aliphatic heterocycles. The minimum absolute atomic E-state index is 0.225. The zero-order valence-corrected chi connectivity index (χ0v) is 18.3. The molecule has 0 aliphatic carbocycles. The number of thioether (sulfide) groups is 1. The molecule has 0 spiro atoms. The van der Waals surface area contributed by atoms with E-state index in [4.69, 9.17) is 28.3 Å². The number of fused-ring (bicyclic) bond motifs is 1. The molecule has 2 aromatic carbocycles. The van der Waals surface area contributed by atoms with E-state index in [1.165, 1.54) is 11.8 Å². The molecule has 3 heterocycles. The molecule has 0 atom stereocenters. The molecular formula is C21H17N3O5S2. The van der Waals surface area contributed by atoms with Crippen LogP contribution in [0.15, 0.2) is 51.4 Å². The van der Waals surface area contributed by atoms with E-state index in [9.17, 15) is 0 Å². The van der Waals surface area contributed by atoms with Crippen LogP contribution in [0.2, 0.25) is 0 Å². The Balaban J connectivity index is 1.26. The standard InChI is InChI=1S/C21H17N3O5S2/c1-25-15-5-4-13(8-17(15)26-2)20-22-14(9-30-20)10-31-21-24-23-19(29-21)12-3-6-16-18(7-12)28-11-27-16/h3-9H,10-11H2,1-2H3. The summed E-state index contributed by atoms with van der Waals surface area (Å²) in [5.74, 6) is 3.81. The fraction of sp³-hybridized carbons (Fsp3) is 0.190. The Morgan fingerprint density at radius 2 is 1.81 bits per heavy atom. The molecule has 0 fully saturated rings. The van der Waals surface area contributed by atoms with Crippen LogP contribution in [0.3, 0.4) is 0 Å². The number of methoxy groups -OCH3 is 2. The molecule has 31 heavy (non-hydrogen) atoms. The third-order valence-electron chi connectivity index (χ3n) is 4.55. The van der Waals surface area contributed by atoms with Crippen LogP contribution in [0.5, 0.6) is 23.0 Å². The van der Waals surface area contributed by atoms with Gasteiger partial charge in [0.15, 0.2) is 23.0 Å². The second kappa shape index (κ2) is 8.48. The van der Waals surface area contributed by atoms with Gasteiger partial charge in [-0.1, -0.05) is 11.8 Å². The first-order chi connectivity index (χ1) is 15.2. The summed E-state index contributed by atoms with van der Waals surface area (Å²) in [6.45, 7) is 0.225. The lowest BCUT2D eigenvalue weighted by Crippen LogP contribution is -1.92. The van der Waals surface area contributed by atoms with Gasteiger partial charge >= 0.3 is 0 Å². The molecule has 1 aliphatic rings. The van der Waals surface area contributed by atoms with Crippen molar-refractivity contribution in [1.29, 1.82) is 0 Å². The summed E-state index contributed by atoms with van der Waals surface area (Å²) >= 11 is 3.01. The molecule has 0 N–H and O–H groups in total. The van der Waals surface area contributed by atoms with Crippen molar-refractivity contribution in [2.24, 2.45) is 0 Å². The Morgan fingerprint density at radius 1 is 0.968 bits per heavy atom. The third kappa shape index (κ3) is 4.04. The average molecular weight is 456 g/mol. The number of ether oxygens (including phenoxy) is 4. The van der Waals surface area contributed by atoms with E-state index in [-0.39, 0.29) is 6.79 Å². The van der Waals surface area contributed by atoms with E-state index >= 15 is 0 Å². The topological polar surface area (TPSA) is 88.7 Å². The SMILES string of the molecule is COc1ccc(-c2nc(CSc3nnc(-c4ccc5c(c4)OCO5)o3)cs2)cc1OC. The average Bonchev–Trinajstić information content (AvgIpc) is 3.57. The van der Waals surface area contributed by atoms with E-state index in [1.807, 2.05) is 41.8 Å². The van der Waals surface area contributed by atoms with Crippen LogP contribution in [-0.2, 0) is 5.75 Å². The smallest absolute Gasteiger partial charge is 0.277 e. The van der Waals surface area contributed by atoms with E-state index in [0.717, 1.165) is 21.8 Å². The number of aromatic nitrogens is 3. The summed E-state index contributed by atoms with van der Waals surface area (Å²) < 4.78 is 27.2. The fourth-order valence-corrected chi connectivity index (χ4v) is 4.60. The monoisotopic (exact) mass is 455 g/mol. The molecule has 0 saturated heterocycles. The summed E-state index contributed by atoms with van der Waals surface area (Å²) in [6, 6.07) is 11.3. The summed E-state index contributed by atoms with van der Waals surface area (Å²) in [7, 11) is 3.24. The van der Waals surface area contributed by atoms with Crippen molar-refractivity contribution >= 4 is 23.1 Å².